The molecule has 1 atom stereocenters. The van der Waals surface area contributed by atoms with Gasteiger partial charge in [0.15, 0.2) is 0 Å². The van der Waals surface area contributed by atoms with Crippen LogP contribution in [0.25, 0.3) is 0 Å². The van der Waals surface area contributed by atoms with Crippen LogP contribution >= 0.6 is 39.1 Å². The second-order valence-corrected chi connectivity index (χ2v) is 5.86. The average molecular weight is 379 g/mol. The first kappa shape index (κ1) is 15.6. The lowest BCUT2D eigenvalue weighted by Gasteiger charge is -2.18. The van der Waals surface area contributed by atoms with E-state index in [-0.39, 0.29) is 5.02 Å². The van der Waals surface area contributed by atoms with Crippen LogP contribution in [0.5, 0.6) is 5.75 Å². The molecule has 0 amide bonds. The Hall–Kier alpha value is -0.810. The highest BCUT2D eigenvalue weighted by atomic mass is 79.9. The van der Waals surface area contributed by atoms with Gasteiger partial charge in [-0.2, -0.15) is 0 Å². The van der Waals surface area contributed by atoms with Gasteiger partial charge in [0.2, 0.25) is 0 Å². The van der Waals surface area contributed by atoms with Crippen molar-refractivity contribution in [2.75, 3.05) is 7.11 Å². The molecule has 20 heavy (non-hydrogen) atoms. The van der Waals surface area contributed by atoms with Gasteiger partial charge in [0, 0.05) is 10.6 Å². The highest BCUT2D eigenvalue weighted by molar-refractivity contribution is 9.10. The molecule has 0 fully saturated rings. The molecular weight excluding hydrogens is 368 g/mol. The summed E-state index contributed by atoms with van der Waals surface area (Å²) in [6, 6.07) is 7.28. The molecule has 6 heteroatoms. The van der Waals surface area contributed by atoms with E-state index in [1.807, 2.05) is 0 Å². The van der Waals surface area contributed by atoms with Crippen molar-refractivity contribution in [3.05, 3.63) is 61.8 Å². The van der Waals surface area contributed by atoms with E-state index < -0.39 is 11.9 Å². The Morgan fingerprint density at radius 1 is 1.25 bits per heavy atom. The fourth-order valence-corrected chi connectivity index (χ4v) is 3.03. The van der Waals surface area contributed by atoms with E-state index in [0.717, 1.165) is 0 Å². The van der Waals surface area contributed by atoms with Crippen molar-refractivity contribution >= 4 is 39.1 Å². The third-order valence-corrected chi connectivity index (χ3v) is 3.99. The van der Waals surface area contributed by atoms with Crippen LogP contribution in [0.1, 0.15) is 17.2 Å². The molecule has 0 aliphatic rings. The van der Waals surface area contributed by atoms with Gasteiger partial charge in [-0.1, -0.05) is 29.3 Å². The molecule has 2 aromatic rings. The highest BCUT2D eigenvalue weighted by Crippen LogP contribution is 2.37. The second-order valence-electron chi connectivity index (χ2n) is 4.16. The zero-order valence-corrected chi connectivity index (χ0v) is 13.6. The van der Waals surface area contributed by atoms with Gasteiger partial charge in [-0.3, -0.25) is 0 Å². The van der Waals surface area contributed by atoms with Crippen LogP contribution in [0.3, 0.4) is 0 Å². The molecule has 2 nitrogen and oxygen atoms in total. The number of rotatable bonds is 3. The lowest BCUT2D eigenvalue weighted by molar-refractivity contribution is 0.405. The van der Waals surface area contributed by atoms with E-state index >= 15 is 0 Å². The standard InChI is InChI=1S/C14H11BrCl2FNO/c1-20-14-9(5-8(16)6-10(14)15)13(19)7-2-3-11(17)12(18)4-7/h2-6,13H,19H2,1H3. The Morgan fingerprint density at radius 3 is 2.55 bits per heavy atom. The van der Waals surface area contributed by atoms with Gasteiger partial charge in [-0.15, -0.1) is 0 Å². The van der Waals surface area contributed by atoms with Crippen molar-refractivity contribution in [3.8, 4) is 5.75 Å². The summed E-state index contributed by atoms with van der Waals surface area (Å²) in [7, 11) is 1.53. The summed E-state index contributed by atoms with van der Waals surface area (Å²) in [5.74, 6) is 0.0527. The Kier molecular flexibility index (Phi) is 4.91. The van der Waals surface area contributed by atoms with Gasteiger partial charge in [0.25, 0.3) is 0 Å². The maximum absolute atomic E-state index is 13.5. The second kappa shape index (κ2) is 6.31. The first-order valence-corrected chi connectivity index (χ1v) is 7.22. The number of nitrogens with two attached hydrogens (primary N) is 1. The van der Waals surface area contributed by atoms with Crippen LogP contribution in [0.4, 0.5) is 4.39 Å². The van der Waals surface area contributed by atoms with Crippen molar-refractivity contribution < 1.29 is 9.13 Å². The molecule has 0 aliphatic carbocycles. The summed E-state index contributed by atoms with van der Waals surface area (Å²) in [4.78, 5) is 0. The predicted molar refractivity (Wildman–Crippen MR) is 83.1 cm³/mol. The Morgan fingerprint density at radius 2 is 1.95 bits per heavy atom. The minimum absolute atomic E-state index is 0.0557. The highest BCUT2D eigenvalue weighted by Gasteiger charge is 2.18. The molecule has 0 spiro atoms. The molecule has 0 bridgehead atoms. The van der Waals surface area contributed by atoms with Crippen molar-refractivity contribution in [2.45, 2.75) is 6.04 Å². The lowest BCUT2D eigenvalue weighted by Crippen LogP contribution is -2.13. The van der Waals surface area contributed by atoms with Crippen LogP contribution in [-0.2, 0) is 0 Å². The van der Waals surface area contributed by atoms with Crippen LogP contribution in [-0.4, -0.2) is 7.11 Å². The lowest BCUT2D eigenvalue weighted by atomic mass is 9.98. The third kappa shape index (κ3) is 3.09. The normalized spacial score (nSPS) is 12.3. The number of ether oxygens (including phenoxy) is 1. The van der Waals surface area contributed by atoms with Gasteiger partial charge in [0.1, 0.15) is 11.6 Å². The number of hydrogen-bond acceptors (Lipinski definition) is 2. The van der Waals surface area contributed by atoms with E-state index in [1.165, 1.54) is 19.2 Å². The van der Waals surface area contributed by atoms with E-state index in [0.29, 0.717) is 26.4 Å². The van der Waals surface area contributed by atoms with Gasteiger partial charge in [0.05, 0.1) is 22.6 Å². The minimum Gasteiger partial charge on any atom is -0.495 e. The molecule has 0 aromatic heterocycles. The Balaban J connectivity index is 2.52. The minimum atomic E-state index is -0.577. The predicted octanol–water partition coefficient (Wildman–Crippen LogP) is 4.95. The molecule has 2 aromatic carbocycles. The third-order valence-electron chi connectivity index (χ3n) is 2.88. The fourth-order valence-electron chi connectivity index (χ4n) is 1.91. The smallest absolute Gasteiger partial charge is 0.142 e. The molecule has 0 saturated heterocycles. The van der Waals surface area contributed by atoms with Gasteiger partial charge < -0.3 is 10.5 Å². The van der Waals surface area contributed by atoms with Crippen LogP contribution in [0.15, 0.2) is 34.8 Å². The number of methoxy groups -OCH3 is 1. The summed E-state index contributed by atoms with van der Waals surface area (Å²) in [5, 5.41) is 0.567. The van der Waals surface area contributed by atoms with Crippen molar-refractivity contribution in [1.29, 1.82) is 0 Å². The van der Waals surface area contributed by atoms with Crippen molar-refractivity contribution in [2.24, 2.45) is 5.73 Å². The van der Waals surface area contributed by atoms with Crippen LogP contribution < -0.4 is 10.5 Å². The SMILES string of the molecule is COc1c(Br)cc(Cl)cc1C(N)c1ccc(Cl)c(F)c1. The van der Waals surface area contributed by atoms with Crippen molar-refractivity contribution in [1.82, 2.24) is 0 Å². The zero-order valence-electron chi connectivity index (χ0n) is 10.5. The monoisotopic (exact) mass is 377 g/mol. The number of benzene rings is 2. The summed E-state index contributed by atoms with van der Waals surface area (Å²) in [6.45, 7) is 0. The molecule has 106 valence electrons. The molecule has 2 N–H and O–H groups in total. The van der Waals surface area contributed by atoms with Gasteiger partial charge >= 0.3 is 0 Å². The summed E-state index contributed by atoms with van der Waals surface area (Å²) in [6.07, 6.45) is 0. The van der Waals surface area contributed by atoms with Gasteiger partial charge in [-0.25, -0.2) is 4.39 Å². The Bertz CT molecular complexity index is 651. The first-order chi connectivity index (χ1) is 9.43. The molecule has 0 radical (unpaired) electrons. The fraction of sp³-hybridized carbons (Fsp3) is 0.143. The van der Waals surface area contributed by atoms with Crippen LogP contribution in [0, 0.1) is 5.82 Å². The largest absolute Gasteiger partial charge is 0.495 e. The summed E-state index contributed by atoms with van der Waals surface area (Å²) in [5.41, 5.74) is 7.42. The molecule has 0 saturated carbocycles. The number of hydrogen-bond donors (Lipinski definition) is 1. The van der Waals surface area contributed by atoms with Crippen LogP contribution in [0.2, 0.25) is 10.0 Å². The zero-order chi connectivity index (χ0) is 14.9. The van der Waals surface area contributed by atoms with Gasteiger partial charge in [-0.05, 0) is 45.8 Å². The van der Waals surface area contributed by atoms with E-state index in [2.05, 4.69) is 15.9 Å². The Labute approximate surface area is 134 Å². The number of halogens is 4. The summed E-state index contributed by atoms with van der Waals surface area (Å²) < 4.78 is 19.6. The van der Waals surface area contributed by atoms with Crippen molar-refractivity contribution in [3.63, 3.8) is 0 Å². The van der Waals surface area contributed by atoms with E-state index in [4.69, 9.17) is 33.7 Å². The maximum atomic E-state index is 13.5. The molecule has 1 unspecified atom stereocenters. The summed E-state index contributed by atoms with van der Waals surface area (Å²) >= 11 is 15.1. The average Bonchev–Trinajstić information content (AvgIpc) is 2.40. The van der Waals surface area contributed by atoms with E-state index in [1.54, 1.807) is 18.2 Å². The molecule has 2 rings (SSSR count). The molecule has 0 aliphatic heterocycles. The maximum Gasteiger partial charge on any atom is 0.142 e. The topological polar surface area (TPSA) is 35.2 Å². The quantitative estimate of drug-likeness (QED) is 0.819. The van der Waals surface area contributed by atoms with E-state index in [9.17, 15) is 4.39 Å². The molecular formula is C14H11BrCl2FNO. The molecule has 0 heterocycles. The first-order valence-electron chi connectivity index (χ1n) is 5.67.